The molecule has 1 aliphatic carbocycles. The Hall–Kier alpha value is -0.240. The average molecular weight is 234 g/mol. The molecule has 2 rings (SSSR count). The van der Waals surface area contributed by atoms with Crippen molar-refractivity contribution in [3.63, 3.8) is 0 Å². The molecule has 1 aliphatic heterocycles. The molecule has 0 aromatic carbocycles. The molecule has 6 nitrogen and oxygen atoms in total. The van der Waals surface area contributed by atoms with E-state index in [9.17, 15) is 0 Å². The van der Waals surface area contributed by atoms with Crippen molar-refractivity contribution in [1.82, 2.24) is 0 Å². The Labute approximate surface area is 94.2 Å². The lowest BCUT2D eigenvalue weighted by Gasteiger charge is -2.38. The summed E-state index contributed by atoms with van der Waals surface area (Å²) in [6, 6.07) is 0. The second-order valence-corrected chi connectivity index (χ2v) is 4.52. The zero-order chi connectivity index (χ0) is 11.5. The molecule has 6 heteroatoms. The third-order valence-corrected chi connectivity index (χ3v) is 3.03. The van der Waals surface area contributed by atoms with Crippen LogP contribution in [0.15, 0.2) is 0 Å². The molecule has 1 heterocycles. The van der Waals surface area contributed by atoms with Crippen LogP contribution in [0.5, 0.6) is 0 Å². The Morgan fingerprint density at radius 2 is 1.75 bits per heavy atom. The van der Waals surface area contributed by atoms with E-state index in [-0.39, 0.29) is 6.61 Å². The van der Waals surface area contributed by atoms with Crippen LogP contribution in [0.4, 0.5) is 0 Å². The number of rotatable bonds is 1. The van der Waals surface area contributed by atoms with Crippen molar-refractivity contribution in [2.75, 3.05) is 6.61 Å². The molecular formula is C10H18O6. The quantitative estimate of drug-likeness (QED) is 0.554. The van der Waals surface area contributed by atoms with Crippen molar-refractivity contribution in [3.05, 3.63) is 0 Å². The van der Waals surface area contributed by atoms with Gasteiger partial charge in [0.2, 0.25) is 11.6 Å². The fourth-order valence-electron chi connectivity index (χ4n) is 1.91. The van der Waals surface area contributed by atoms with Gasteiger partial charge in [-0.05, 0) is 19.8 Å². The van der Waals surface area contributed by atoms with E-state index in [2.05, 4.69) is 4.89 Å². The third kappa shape index (κ3) is 2.71. The summed E-state index contributed by atoms with van der Waals surface area (Å²) in [5.41, 5.74) is 0. The molecule has 0 aromatic heterocycles. The minimum atomic E-state index is -1.20. The fourth-order valence-corrected chi connectivity index (χ4v) is 1.91. The summed E-state index contributed by atoms with van der Waals surface area (Å²) in [6.45, 7) is 1.86. The highest BCUT2D eigenvalue weighted by molar-refractivity contribution is 4.74. The molecule has 2 aliphatic rings. The molecule has 0 radical (unpaired) electrons. The van der Waals surface area contributed by atoms with Crippen LogP contribution in [0.3, 0.4) is 0 Å². The van der Waals surface area contributed by atoms with Gasteiger partial charge in [0.25, 0.3) is 0 Å². The average Bonchev–Trinajstić information content (AvgIpc) is 2.32. The third-order valence-electron chi connectivity index (χ3n) is 3.03. The van der Waals surface area contributed by atoms with Crippen LogP contribution in [0.25, 0.3) is 0 Å². The van der Waals surface area contributed by atoms with Crippen molar-refractivity contribution in [2.24, 2.45) is 0 Å². The summed E-state index contributed by atoms with van der Waals surface area (Å²) in [5.74, 6) is -2.05. The summed E-state index contributed by atoms with van der Waals surface area (Å²) < 4.78 is 0. The Balaban J connectivity index is 1.99. The normalized spacial score (nSPS) is 35.6. The largest absolute Gasteiger partial charge is 0.249 e. The lowest BCUT2D eigenvalue weighted by atomic mass is 9.94. The van der Waals surface area contributed by atoms with Gasteiger partial charge in [0, 0.05) is 19.3 Å². The summed E-state index contributed by atoms with van der Waals surface area (Å²) in [5, 5.41) is 8.75. The number of hydrogen-bond donors (Lipinski definition) is 1. The lowest BCUT2D eigenvalue weighted by molar-refractivity contribution is -0.593. The van der Waals surface area contributed by atoms with Crippen molar-refractivity contribution < 1.29 is 29.7 Å². The molecule has 0 bridgehead atoms. The van der Waals surface area contributed by atoms with E-state index in [1.54, 1.807) is 6.92 Å². The predicted molar refractivity (Wildman–Crippen MR) is 51.8 cm³/mol. The predicted octanol–water partition coefficient (Wildman–Crippen LogP) is 2.15. The van der Waals surface area contributed by atoms with Gasteiger partial charge in [-0.25, -0.2) is 15.0 Å². The van der Waals surface area contributed by atoms with E-state index in [0.717, 1.165) is 19.3 Å². The van der Waals surface area contributed by atoms with E-state index < -0.39 is 11.6 Å². The Morgan fingerprint density at radius 3 is 2.44 bits per heavy atom. The highest BCUT2D eigenvalue weighted by Gasteiger charge is 2.42. The van der Waals surface area contributed by atoms with Crippen LogP contribution in [-0.2, 0) is 24.4 Å². The molecule has 1 saturated heterocycles. The summed E-state index contributed by atoms with van der Waals surface area (Å²) in [4.78, 5) is 25.0. The minimum absolute atomic E-state index is 0.280. The molecule has 16 heavy (non-hydrogen) atoms. The molecule has 0 amide bonds. The van der Waals surface area contributed by atoms with Gasteiger partial charge < -0.3 is 0 Å². The van der Waals surface area contributed by atoms with Gasteiger partial charge in [0.1, 0.15) is 0 Å². The molecule has 94 valence electrons. The zero-order valence-electron chi connectivity index (χ0n) is 9.44. The molecule has 1 N–H and O–H groups in total. The highest BCUT2D eigenvalue weighted by Crippen LogP contribution is 2.36. The standard InChI is InChI=1S/C10H18O6/c1-9(13-11)7-8-12-15-10(16-14-9)5-3-2-4-6-10/h11H,2-8H2,1H3. The summed E-state index contributed by atoms with van der Waals surface area (Å²) >= 11 is 0. The maximum atomic E-state index is 8.75. The van der Waals surface area contributed by atoms with Crippen LogP contribution in [0, 0.1) is 0 Å². The van der Waals surface area contributed by atoms with Crippen molar-refractivity contribution in [3.8, 4) is 0 Å². The fraction of sp³-hybridized carbons (Fsp3) is 1.00. The van der Waals surface area contributed by atoms with Crippen molar-refractivity contribution in [2.45, 2.75) is 57.0 Å². The molecule has 1 unspecified atom stereocenters. The zero-order valence-corrected chi connectivity index (χ0v) is 9.44. The second kappa shape index (κ2) is 4.95. The first-order valence-corrected chi connectivity index (χ1v) is 5.68. The van der Waals surface area contributed by atoms with Crippen LogP contribution < -0.4 is 0 Å². The van der Waals surface area contributed by atoms with Crippen LogP contribution in [-0.4, -0.2) is 23.4 Å². The maximum absolute atomic E-state index is 8.75. The van der Waals surface area contributed by atoms with E-state index in [0.29, 0.717) is 19.3 Å². The maximum Gasteiger partial charge on any atom is 0.234 e. The SMILES string of the molecule is CC1(OO)CCOOC2(CCCCC2)OO1. The van der Waals surface area contributed by atoms with E-state index in [1.807, 2.05) is 0 Å². The first-order valence-electron chi connectivity index (χ1n) is 5.68. The first kappa shape index (κ1) is 12.2. The van der Waals surface area contributed by atoms with E-state index in [4.69, 9.17) is 24.8 Å². The summed E-state index contributed by atoms with van der Waals surface area (Å²) in [7, 11) is 0. The molecule has 1 atom stereocenters. The van der Waals surface area contributed by atoms with Gasteiger partial charge in [-0.2, -0.15) is 14.7 Å². The summed E-state index contributed by atoms with van der Waals surface area (Å²) in [6.07, 6.45) is 4.91. The van der Waals surface area contributed by atoms with Gasteiger partial charge in [0.15, 0.2) is 0 Å². The smallest absolute Gasteiger partial charge is 0.234 e. The Morgan fingerprint density at radius 1 is 1.00 bits per heavy atom. The van der Waals surface area contributed by atoms with Gasteiger partial charge in [0.05, 0.1) is 6.61 Å². The second-order valence-electron chi connectivity index (χ2n) is 4.52. The Kier molecular flexibility index (Phi) is 3.78. The van der Waals surface area contributed by atoms with Gasteiger partial charge in [-0.15, -0.1) is 0 Å². The number of hydrogen-bond acceptors (Lipinski definition) is 6. The van der Waals surface area contributed by atoms with Crippen LogP contribution in [0.1, 0.15) is 45.4 Å². The topological polar surface area (TPSA) is 66.4 Å². The van der Waals surface area contributed by atoms with Crippen molar-refractivity contribution >= 4 is 0 Å². The molecule has 1 saturated carbocycles. The molecular weight excluding hydrogens is 216 g/mol. The van der Waals surface area contributed by atoms with Gasteiger partial charge >= 0.3 is 0 Å². The minimum Gasteiger partial charge on any atom is -0.249 e. The van der Waals surface area contributed by atoms with Gasteiger partial charge in [-0.1, -0.05) is 6.42 Å². The van der Waals surface area contributed by atoms with Crippen LogP contribution >= 0.6 is 0 Å². The molecule has 0 aromatic rings. The Bertz CT molecular complexity index is 227. The molecule has 1 spiro atoms. The van der Waals surface area contributed by atoms with Crippen LogP contribution in [0.2, 0.25) is 0 Å². The van der Waals surface area contributed by atoms with Gasteiger partial charge in [-0.3, -0.25) is 0 Å². The van der Waals surface area contributed by atoms with E-state index >= 15 is 0 Å². The van der Waals surface area contributed by atoms with Crippen molar-refractivity contribution in [1.29, 1.82) is 0 Å². The highest BCUT2D eigenvalue weighted by atomic mass is 17.3. The monoisotopic (exact) mass is 234 g/mol. The lowest BCUT2D eigenvalue weighted by Crippen LogP contribution is -2.45. The molecule has 2 fully saturated rings. The van der Waals surface area contributed by atoms with E-state index in [1.165, 1.54) is 0 Å². The first-order chi connectivity index (χ1) is 7.68.